The zero-order chi connectivity index (χ0) is 17.7. The standard InChI is InChI=1S/C16H18IN3O3S/c1-16(2,3)20-14(11-8-24(22,23)9-13(11)19-20)18-15(21)10-6-4-5-7-12(10)17/h4-7H,8-9H2,1-3H3,(H,18,21). The van der Waals surface area contributed by atoms with Gasteiger partial charge in [-0.2, -0.15) is 5.10 Å². The van der Waals surface area contributed by atoms with Gasteiger partial charge in [-0.3, -0.25) is 4.79 Å². The minimum Gasteiger partial charge on any atom is -0.306 e. The number of sulfone groups is 1. The van der Waals surface area contributed by atoms with Crippen LogP contribution in [0.3, 0.4) is 0 Å². The monoisotopic (exact) mass is 459 g/mol. The normalized spacial score (nSPS) is 16.0. The van der Waals surface area contributed by atoms with Gasteiger partial charge in [-0.05, 0) is 55.5 Å². The van der Waals surface area contributed by atoms with Crippen LogP contribution in [-0.4, -0.2) is 24.1 Å². The fourth-order valence-corrected chi connectivity index (χ4v) is 4.80. The summed E-state index contributed by atoms with van der Waals surface area (Å²) < 4.78 is 26.4. The molecule has 0 bridgehead atoms. The molecule has 3 rings (SSSR count). The third-order valence-corrected chi connectivity index (χ3v) is 6.16. The van der Waals surface area contributed by atoms with Gasteiger partial charge in [0.15, 0.2) is 9.84 Å². The van der Waals surface area contributed by atoms with E-state index in [-0.39, 0.29) is 23.0 Å². The maximum Gasteiger partial charge on any atom is 0.257 e. The lowest BCUT2D eigenvalue weighted by Crippen LogP contribution is -2.28. The minimum atomic E-state index is -3.18. The molecule has 8 heteroatoms. The number of hydrogen-bond acceptors (Lipinski definition) is 4. The molecule has 0 spiro atoms. The average Bonchev–Trinajstić information content (AvgIpc) is 2.92. The van der Waals surface area contributed by atoms with Gasteiger partial charge in [0.1, 0.15) is 5.82 Å². The third-order valence-electron chi connectivity index (χ3n) is 3.77. The van der Waals surface area contributed by atoms with Gasteiger partial charge in [0.25, 0.3) is 5.91 Å². The van der Waals surface area contributed by atoms with Crippen LogP contribution in [-0.2, 0) is 26.9 Å². The van der Waals surface area contributed by atoms with Gasteiger partial charge in [0.05, 0.1) is 28.3 Å². The van der Waals surface area contributed by atoms with E-state index < -0.39 is 9.84 Å². The predicted molar refractivity (Wildman–Crippen MR) is 101 cm³/mol. The number of carbonyl (C=O) groups is 1. The molecular weight excluding hydrogens is 441 g/mol. The van der Waals surface area contributed by atoms with E-state index in [0.29, 0.717) is 22.6 Å². The van der Waals surface area contributed by atoms with E-state index >= 15 is 0 Å². The highest BCUT2D eigenvalue weighted by Crippen LogP contribution is 2.34. The second-order valence-corrected chi connectivity index (χ2v) is 10.0. The van der Waals surface area contributed by atoms with Crippen molar-refractivity contribution in [1.29, 1.82) is 0 Å². The number of anilines is 1. The smallest absolute Gasteiger partial charge is 0.257 e. The number of fused-ring (bicyclic) bond motifs is 1. The van der Waals surface area contributed by atoms with Gasteiger partial charge in [-0.15, -0.1) is 0 Å². The molecule has 0 saturated carbocycles. The van der Waals surface area contributed by atoms with Gasteiger partial charge in [0, 0.05) is 9.13 Å². The number of aromatic nitrogens is 2. The van der Waals surface area contributed by atoms with E-state index in [0.717, 1.165) is 3.57 Å². The highest BCUT2D eigenvalue weighted by molar-refractivity contribution is 14.1. The molecule has 1 aliphatic heterocycles. The summed E-state index contributed by atoms with van der Waals surface area (Å²) in [5, 5.41) is 7.33. The summed E-state index contributed by atoms with van der Waals surface area (Å²) in [5.74, 6) is 0.0533. The summed E-state index contributed by atoms with van der Waals surface area (Å²) in [4.78, 5) is 12.7. The SMILES string of the molecule is CC(C)(C)n1nc2c(c1NC(=O)c1ccccc1I)CS(=O)(=O)C2. The van der Waals surface area contributed by atoms with Crippen LogP contribution >= 0.6 is 22.6 Å². The van der Waals surface area contributed by atoms with Crippen LogP contribution in [0.15, 0.2) is 24.3 Å². The first-order valence-electron chi connectivity index (χ1n) is 7.46. The van der Waals surface area contributed by atoms with E-state index in [1.165, 1.54) is 0 Å². The van der Waals surface area contributed by atoms with Crippen LogP contribution in [0, 0.1) is 3.57 Å². The first kappa shape index (κ1) is 17.4. The van der Waals surface area contributed by atoms with Crippen molar-refractivity contribution in [3.63, 3.8) is 0 Å². The van der Waals surface area contributed by atoms with Gasteiger partial charge in [-0.1, -0.05) is 12.1 Å². The maximum absolute atomic E-state index is 12.7. The molecule has 0 radical (unpaired) electrons. The Morgan fingerprint density at radius 1 is 1.25 bits per heavy atom. The Hall–Kier alpha value is -1.42. The van der Waals surface area contributed by atoms with Crippen LogP contribution in [0.5, 0.6) is 0 Å². The van der Waals surface area contributed by atoms with Crippen molar-refractivity contribution in [2.24, 2.45) is 0 Å². The van der Waals surface area contributed by atoms with E-state index in [1.54, 1.807) is 16.8 Å². The number of carbonyl (C=O) groups excluding carboxylic acids is 1. The van der Waals surface area contributed by atoms with Crippen LogP contribution < -0.4 is 5.32 Å². The Labute approximate surface area is 154 Å². The maximum atomic E-state index is 12.7. The highest BCUT2D eigenvalue weighted by atomic mass is 127. The lowest BCUT2D eigenvalue weighted by molar-refractivity contribution is 0.102. The summed E-state index contributed by atoms with van der Waals surface area (Å²) in [5.41, 5.74) is 1.31. The van der Waals surface area contributed by atoms with Crippen molar-refractivity contribution in [2.45, 2.75) is 37.8 Å². The summed E-state index contributed by atoms with van der Waals surface area (Å²) >= 11 is 2.11. The van der Waals surface area contributed by atoms with Gasteiger partial charge >= 0.3 is 0 Å². The summed E-state index contributed by atoms with van der Waals surface area (Å²) in [6.45, 7) is 5.89. The molecule has 128 valence electrons. The van der Waals surface area contributed by atoms with Crippen molar-refractivity contribution < 1.29 is 13.2 Å². The Bertz CT molecular complexity index is 927. The molecule has 0 aliphatic carbocycles. The molecule has 2 aromatic rings. The van der Waals surface area contributed by atoms with Crippen LogP contribution in [0.1, 0.15) is 42.4 Å². The summed E-state index contributed by atoms with van der Waals surface area (Å²) in [6, 6.07) is 7.26. The zero-order valence-electron chi connectivity index (χ0n) is 13.6. The Balaban J connectivity index is 2.04. The van der Waals surface area contributed by atoms with Gasteiger partial charge in [-0.25, -0.2) is 13.1 Å². The zero-order valence-corrected chi connectivity index (χ0v) is 16.6. The lowest BCUT2D eigenvalue weighted by Gasteiger charge is -2.23. The van der Waals surface area contributed by atoms with Crippen molar-refractivity contribution >= 4 is 44.2 Å². The molecule has 0 atom stereocenters. The lowest BCUT2D eigenvalue weighted by atomic mass is 10.1. The molecule has 6 nitrogen and oxygen atoms in total. The quantitative estimate of drug-likeness (QED) is 0.701. The molecule has 1 aromatic carbocycles. The van der Waals surface area contributed by atoms with E-state index in [4.69, 9.17) is 0 Å². The van der Waals surface area contributed by atoms with Crippen molar-refractivity contribution in [2.75, 3.05) is 5.32 Å². The van der Waals surface area contributed by atoms with Crippen molar-refractivity contribution in [3.8, 4) is 0 Å². The number of nitrogens with zero attached hydrogens (tertiary/aromatic N) is 2. The number of nitrogens with one attached hydrogen (secondary N) is 1. The van der Waals surface area contributed by atoms with Gasteiger partial charge < -0.3 is 5.32 Å². The minimum absolute atomic E-state index is 0.0723. The summed E-state index contributed by atoms with van der Waals surface area (Å²) in [6.07, 6.45) is 0. The number of hydrogen-bond donors (Lipinski definition) is 1. The van der Waals surface area contributed by atoms with E-state index in [9.17, 15) is 13.2 Å². The molecule has 2 heterocycles. The number of halogens is 1. The summed E-state index contributed by atoms with van der Waals surface area (Å²) in [7, 11) is -3.18. The first-order valence-corrected chi connectivity index (χ1v) is 10.4. The largest absolute Gasteiger partial charge is 0.306 e. The molecule has 24 heavy (non-hydrogen) atoms. The van der Waals surface area contributed by atoms with Crippen LogP contribution in [0.25, 0.3) is 0 Å². The number of benzene rings is 1. The van der Waals surface area contributed by atoms with Crippen LogP contribution in [0.2, 0.25) is 0 Å². The topological polar surface area (TPSA) is 81.1 Å². The van der Waals surface area contributed by atoms with E-state index in [2.05, 4.69) is 33.0 Å². The molecular formula is C16H18IN3O3S. The number of amides is 1. The number of rotatable bonds is 2. The predicted octanol–water partition coefficient (Wildman–Crippen LogP) is 2.92. The fraction of sp³-hybridized carbons (Fsp3) is 0.375. The molecule has 0 fully saturated rings. The third kappa shape index (κ3) is 3.21. The molecule has 1 N–H and O–H groups in total. The molecule has 0 unspecified atom stereocenters. The van der Waals surface area contributed by atoms with Crippen LogP contribution in [0.4, 0.5) is 5.82 Å². The van der Waals surface area contributed by atoms with E-state index in [1.807, 2.05) is 32.9 Å². The molecule has 1 amide bonds. The van der Waals surface area contributed by atoms with Gasteiger partial charge in [0.2, 0.25) is 0 Å². The first-order chi connectivity index (χ1) is 11.1. The average molecular weight is 459 g/mol. The van der Waals surface area contributed by atoms with Crippen molar-refractivity contribution in [3.05, 3.63) is 44.7 Å². The second-order valence-electron chi connectivity index (χ2n) is 6.82. The fourth-order valence-electron chi connectivity index (χ4n) is 2.68. The second kappa shape index (κ2) is 5.83. The Morgan fingerprint density at radius 2 is 1.92 bits per heavy atom. The Kier molecular flexibility index (Phi) is 4.23. The molecule has 0 saturated heterocycles. The molecule has 1 aromatic heterocycles. The Morgan fingerprint density at radius 3 is 2.54 bits per heavy atom. The highest BCUT2D eigenvalue weighted by Gasteiger charge is 2.35. The molecule has 1 aliphatic rings. The van der Waals surface area contributed by atoms with Crippen molar-refractivity contribution in [1.82, 2.24) is 9.78 Å².